The van der Waals surface area contributed by atoms with Gasteiger partial charge in [-0.15, -0.1) is 10.2 Å². The second kappa shape index (κ2) is 5.77. The Hall–Kier alpha value is -2.65. The number of rotatable bonds is 3. The number of para-hydroxylation sites is 2. The van der Waals surface area contributed by atoms with Gasteiger partial charge in [-0.1, -0.05) is 41.7 Å². The van der Waals surface area contributed by atoms with Gasteiger partial charge < -0.3 is 0 Å². The third-order valence-corrected chi connectivity index (χ3v) is 5.38. The Morgan fingerprint density at radius 1 is 1.25 bits per heavy atom. The largest absolute Gasteiger partial charge is 0.296 e. The summed E-state index contributed by atoms with van der Waals surface area (Å²) in [5.41, 5.74) is 1.17. The van der Waals surface area contributed by atoms with Crippen molar-refractivity contribution in [3.63, 3.8) is 0 Å². The molecule has 0 bridgehead atoms. The highest BCUT2D eigenvalue weighted by molar-refractivity contribution is 7.19. The third kappa shape index (κ3) is 2.47. The maximum Gasteiger partial charge on any atom is 0.267 e. The molecule has 24 heavy (non-hydrogen) atoms. The summed E-state index contributed by atoms with van der Waals surface area (Å²) < 4.78 is 1.51. The molecule has 1 N–H and O–H groups in total. The first-order valence-electron chi connectivity index (χ1n) is 7.21. The van der Waals surface area contributed by atoms with E-state index in [1.807, 2.05) is 31.2 Å². The van der Waals surface area contributed by atoms with Crippen LogP contribution < -0.4 is 10.9 Å². The molecule has 1 amide bonds. The zero-order chi connectivity index (χ0) is 16.7. The van der Waals surface area contributed by atoms with E-state index in [-0.39, 0.29) is 16.3 Å². The molecule has 3 aromatic heterocycles. The van der Waals surface area contributed by atoms with E-state index >= 15 is 0 Å². The van der Waals surface area contributed by atoms with Crippen molar-refractivity contribution in [2.45, 2.75) is 13.3 Å². The number of anilines is 1. The Kier molecular flexibility index (Phi) is 3.58. The van der Waals surface area contributed by atoms with Crippen molar-refractivity contribution in [3.8, 4) is 0 Å². The fourth-order valence-electron chi connectivity index (χ4n) is 2.31. The number of imidazole rings is 1. The average molecular weight is 357 g/mol. The number of hydrogen-bond acceptors (Lipinski definition) is 7. The quantitative estimate of drug-likeness (QED) is 0.609. The standard InChI is InChI=1S/C15H11N5O2S2/c1-2-11-18-19-14(24-11)17-13(22)10-7-12(21)20-9-6-4-3-5-8(9)16-15(20)23-10/h3-7H,2H2,1H3,(H,17,19,22). The Morgan fingerprint density at radius 3 is 2.88 bits per heavy atom. The number of fused-ring (bicyclic) bond motifs is 3. The number of nitrogens with zero attached hydrogens (tertiary/aromatic N) is 4. The number of aryl methyl sites for hydroxylation is 1. The lowest BCUT2D eigenvalue weighted by Crippen LogP contribution is -2.17. The van der Waals surface area contributed by atoms with E-state index < -0.39 is 0 Å². The normalized spacial score (nSPS) is 11.2. The SMILES string of the molecule is CCc1nnc(NC(=O)c2cc(=O)n3c(nc4ccccc43)s2)s1. The van der Waals surface area contributed by atoms with Crippen molar-refractivity contribution in [1.82, 2.24) is 19.6 Å². The minimum Gasteiger partial charge on any atom is -0.296 e. The molecule has 3 heterocycles. The lowest BCUT2D eigenvalue weighted by molar-refractivity contribution is 0.103. The molecule has 120 valence electrons. The molecule has 7 nitrogen and oxygen atoms in total. The van der Waals surface area contributed by atoms with Crippen molar-refractivity contribution in [3.05, 3.63) is 50.6 Å². The van der Waals surface area contributed by atoms with Gasteiger partial charge in [0.15, 0.2) is 4.96 Å². The second-order valence-electron chi connectivity index (χ2n) is 4.98. The van der Waals surface area contributed by atoms with E-state index in [9.17, 15) is 9.59 Å². The van der Waals surface area contributed by atoms with E-state index in [0.717, 1.165) is 33.8 Å². The number of nitrogens with one attached hydrogen (secondary N) is 1. The molecule has 0 radical (unpaired) electrons. The first kappa shape index (κ1) is 14.9. The lowest BCUT2D eigenvalue weighted by atomic mass is 10.3. The number of carbonyl (C=O) groups is 1. The van der Waals surface area contributed by atoms with Crippen LogP contribution in [0.5, 0.6) is 0 Å². The minimum absolute atomic E-state index is 0.283. The molecule has 0 atom stereocenters. The first-order valence-corrected chi connectivity index (χ1v) is 8.84. The molecule has 0 saturated heterocycles. The topological polar surface area (TPSA) is 89.2 Å². The highest BCUT2D eigenvalue weighted by Crippen LogP contribution is 2.21. The highest BCUT2D eigenvalue weighted by Gasteiger charge is 2.15. The number of benzene rings is 1. The summed E-state index contributed by atoms with van der Waals surface area (Å²) in [5.74, 6) is -0.384. The Balaban J connectivity index is 1.75. The smallest absolute Gasteiger partial charge is 0.267 e. The van der Waals surface area contributed by atoms with Crippen LogP contribution in [-0.4, -0.2) is 25.5 Å². The van der Waals surface area contributed by atoms with Crippen LogP contribution in [0.4, 0.5) is 5.13 Å². The van der Waals surface area contributed by atoms with Gasteiger partial charge >= 0.3 is 0 Å². The van der Waals surface area contributed by atoms with Gasteiger partial charge in [-0.2, -0.15) is 0 Å². The van der Waals surface area contributed by atoms with Crippen LogP contribution in [0.15, 0.2) is 35.1 Å². The summed E-state index contributed by atoms with van der Waals surface area (Å²) in [6.07, 6.45) is 0.757. The van der Waals surface area contributed by atoms with Gasteiger partial charge in [-0.3, -0.25) is 19.3 Å². The number of aromatic nitrogens is 4. The van der Waals surface area contributed by atoms with Crippen molar-refractivity contribution in [2.24, 2.45) is 0 Å². The van der Waals surface area contributed by atoms with Crippen LogP contribution in [0.1, 0.15) is 21.6 Å². The number of hydrogen-bond donors (Lipinski definition) is 1. The summed E-state index contributed by atoms with van der Waals surface area (Å²) in [4.78, 5) is 30.0. The molecule has 0 fully saturated rings. The fourth-order valence-corrected chi connectivity index (χ4v) is 3.91. The molecule has 0 saturated carbocycles. The van der Waals surface area contributed by atoms with Gasteiger partial charge in [0.2, 0.25) is 5.13 Å². The predicted octanol–water partition coefficient (Wildman–Crippen LogP) is 2.58. The van der Waals surface area contributed by atoms with Gasteiger partial charge in [0.1, 0.15) is 9.88 Å². The molecule has 0 spiro atoms. The van der Waals surface area contributed by atoms with Gasteiger partial charge in [0, 0.05) is 6.07 Å². The van der Waals surface area contributed by atoms with E-state index in [0.29, 0.717) is 10.1 Å². The third-order valence-electron chi connectivity index (χ3n) is 3.42. The first-order chi connectivity index (χ1) is 11.7. The second-order valence-corrected chi connectivity index (χ2v) is 7.05. The zero-order valence-electron chi connectivity index (χ0n) is 12.5. The summed E-state index contributed by atoms with van der Waals surface area (Å²) in [7, 11) is 0. The van der Waals surface area contributed by atoms with Crippen LogP contribution in [0.3, 0.4) is 0 Å². The molecule has 1 aromatic carbocycles. The van der Waals surface area contributed by atoms with E-state index in [4.69, 9.17) is 0 Å². The predicted molar refractivity (Wildman–Crippen MR) is 94.1 cm³/mol. The molecule has 0 aliphatic carbocycles. The molecule has 9 heteroatoms. The van der Waals surface area contributed by atoms with E-state index in [2.05, 4.69) is 20.5 Å². The molecular weight excluding hydrogens is 346 g/mol. The minimum atomic E-state index is -0.384. The van der Waals surface area contributed by atoms with Gasteiger partial charge in [-0.05, 0) is 18.6 Å². The maximum atomic E-state index is 12.4. The van der Waals surface area contributed by atoms with Gasteiger partial charge in [0.05, 0.1) is 11.0 Å². The molecule has 0 unspecified atom stereocenters. The molecular formula is C15H11N5O2S2. The number of amides is 1. The van der Waals surface area contributed by atoms with Gasteiger partial charge in [0.25, 0.3) is 11.5 Å². The van der Waals surface area contributed by atoms with Crippen LogP contribution in [0.2, 0.25) is 0 Å². The Bertz CT molecular complexity index is 1130. The summed E-state index contributed by atoms with van der Waals surface area (Å²) in [6.45, 7) is 1.97. The average Bonchev–Trinajstić information content (AvgIpc) is 3.18. The van der Waals surface area contributed by atoms with Crippen molar-refractivity contribution >= 4 is 49.7 Å². The molecule has 0 aliphatic rings. The molecule has 0 aliphatic heterocycles. The van der Waals surface area contributed by atoms with Crippen LogP contribution >= 0.6 is 22.7 Å². The van der Waals surface area contributed by atoms with Crippen molar-refractivity contribution in [1.29, 1.82) is 0 Å². The Labute approximate surface area is 143 Å². The van der Waals surface area contributed by atoms with E-state index in [1.54, 1.807) is 0 Å². The highest BCUT2D eigenvalue weighted by atomic mass is 32.1. The number of carbonyl (C=O) groups excluding carboxylic acids is 1. The van der Waals surface area contributed by atoms with E-state index in [1.165, 1.54) is 21.8 Å². The van der Waals surface area contributed by atoms with Crippen molar-refractivity contribution < 1.29 is 4.79 Å². The van der Waals surface area contributed by atoms with Crippen LogP contribution in [0.25, 0.3) is 16.0 Å². The summed E-state index contributed by atoms with van der Waals surface area (Å²) >= 11 is 2.48. The monoisotopic (exact) mass is 357 g/mol. The van der Waals surface area contributed by atoms with Crippen LogP contribution in [-0.2, 0) is 6.42 Å². The van der Waals surface area contributed by atoms with Gasteiger partial charge in [-0.25, -0.2) is 4.98 Å². The summed E-state index contributed by atoms with van der Waals surface area (Å²) in [5, 5.41) is 11.8. The fraction of sp³-hybridized carbons (Fsp3) is 0.133. The molecule has 4 rings (SSSR count). The van der Waals surface area contributed by atoms with Crippen LogP contribution in [0, 0.1) is 0 Å². The molecule has 4 aromatic rings. The Morgan fingerprint density at radius 2 is 2.08 bits per heavy atom. The van der Waals surface area contributed by atoms with Crippen molar-refractivity contribution in [2.75, 3.05) is 5.32 Å². The maximum absolute atomic E-state index is 12.4. The summed E-state index contributed by atoms with van der Waals surface area (Å²) in [6, 6.07) is 8.70. The lowest BCUT2D eigenvalue weighted by Gasteiger charge is -2.00. The zero-order valence-corrected chi connectivity index (χ0v) is 14.1.